The maximum atomic E-state index is 11.8. The Morgan fingerprint density at radius 2 is 2.30 bits per heavy atom. The van der Waals surface area contributed by atoms with Gasteiger partial charge in [0.15, 0.2) is 0 Å². The van der Waals surface area contributed by atoms with E-state index < -0.39 is 0 Å². The molecule has 0 aliphatic rings. The van der Waals surface area contributed by atoms with Crippen molar-refractivity contribution < 1.29 is 9.21 Å². The zero-order chi connectivity index (χ0) is 14.4. The van der Waals surface area contributed by atoms with E-state index in [-0.39, 0.29) is 11.7 Å². The fourth-order valence-electron chi connectivity index (χ4n) is 1.54. The summed E-state index contributed by atoms with van der Waals surface area (Å²) < 4.78 is 5.17. The van der Waals surface area contributed by atoms with E-state index in [1.54, 1.807) is 30.5 Å². The van der Waals surface area contributed by atoms with Crippen LogP contribution in [0.4, 0.5) is 5.69 Å². The number of hydrogen-bond acceptors (Lipinski definition) is 4. The van der Waals surface area contributed by atoms with Crippen molar-refractivity contribution in [1.82, 2.24) is 0 Å². The van der Waals surface area contributed by atoms with E-state index in [2.05, 4.69) is 5.32 Å². The molecule has 1 amide bonds. The van der Waals surface area contributed by atoms with Crippen LogP contribution in [0.15, 0.2) is 41.0 Å². The molecule has 102 valence electrons. The third kappa shape index (κ3) is 4.05. The number of furan rings is 1. The minimum Gasteiger partial charge on any atom is -0.468 e. The highest BCUT2D eigenvalue weighted by atomic mass is 35.5. The number of hydrogen-bond donors (Lipinski definition) is 1. The minimum absolute atomic E-state index is 0.180. The lowest BCUT2D eigenvalue weighted by Gasteiger charge is -2.07. The lowest BCUT2D eigenvalue weighted by atomic mass is 10.2. The second kappa shape index (κ2) is 7.04. The van der Waals surface area contributed by atoms with Gasteiger partial charge in [0.25, 0.3) is 0 Å². The van der Waals surface area contributed by atoms with Gasteiger partial charge in [-0.3, -0.25) is 4.79 Å². The molecule has 0 aliphatic heterocycles. The van der Waals surface area contributed by atoms with E-state index in [0.29, 0.717) is 22.0 Å². The monoisotopic (exact) mass is 306 g/mol. The number of nitrogens with one attached hydrogen (secondary N) is 1. The number of anilines is 1. The van der Waals surface area contributed by atoms with Crippen LogP contribution >= 0.6 is 23.4 Å². The third-order valence-electron chi connectivity index (χ3n) is 2.43. The number of amides is 1. The smallest absolute Gasteiger partial charge is 0.234 e. The number of carbonyl (C=O) groups is 1. The lowest BCUT2D eigenvalue weighted by Crippen LogP contribution is -2.15. The fraction of sp³-hybridized carbons (Fsp3) is 0.143. The van der Waals surface area contributed by atoms with Gasteiger partial charge in [0.05, 0.1) is 29.0 Å². The fourth-order valence-corrected chi connectivity index (χ4v) is 2.44. The van der Waals surface area contributed by atoms with Gasteiger partial charge in [-0.05, 0) is 30.3 Å². The molecule has 0 saturated heterocycles. The van der Waals surface area contributed by atoms with Crippen molar-refractivity contribution in [3.05, 3.63) is 52.9 Å². The number of nitrogens with zero attached hydrogens (tertiary/aromatic N) is 1. The second-order valence-electron chi connectivity index (χ2n) is 3.92. The van der Waals surface area contributed by atoms with E-state index in [1.165, 1.54) is 11.8 Å². The summed E-state index contributed by atoms with van der Waals surface area (Å²) in [5, 5.41) is 12.1. The molecule has 4 nitrogen and oxygen atoms in total. The Morgan fingerprint density at radius 1 is 1.45 bits per heavy atom. The average Bonchev–Trinajstić information content (AvgIpc) is 2.92. The summed E-state index contributed by atoms with van der Waals surface area (Å²) in [6.45, 7) is 0. The predicted octanol–water partition coefficient (Wildman–Crippen LogP) is 3.68. The van der Waals surface area contributed by atoms with E-state index in [4.69, 9.17) is 21.3 Å². The molecule has 20 heavy (non-hydrogen) atoms. The summed E-state index contributed by atoms with van der Waals surface area (Å²) in [6, 6.07) is 10.4. The van der Waals surface area contributed by atoms with Crippen LogP contribution in [0.3, 0.4) is 0 Å². The van der Waals surface area contributed by atoms with Crippen LogP contribution in [-0.2, 0) is 10.5 Å². The molecule has 2 rings (SSSR count). The summed E-state index contributed by atoms with van der Waals surface area (Å²) in [7, 11) is 0. The summed E-state index contributed by atoms with van der Waals surface area (Å²) in [5.74, 6) is 1.54. The Kier molecular flexibility index (Phi) is 5.10. The van der Waals surface area contributed by atoms with Crippen LogP contribution in [0.1, 0.15) is 11.3 Å². The average molecular weight is 307 g/mol. The minimum atomic E-state index is -0.180. The highest BCUT2D eigenvalue weighted by molar-refractivity contribution is 7.99. The van der Waals surface area contributed by atoms with Gasteiger partial charge >= 0.3 is 0 Å². The highest BCUT2D eigenvalue weighted by Crippen LogP contribution is 2.21. The number of thioether (sulfide) groups is 1. The maximum absolute atomic E-state index is 11.8. The summed E-state index contributed by atoms with van der Waals surface area (Å²) in [4.78, 5) is 11.8. The van der Waals surface area contributed by atoms with Crippen LogP contribution in [-0.4, -0.2) is 11.7 Å². The summed E-state index contributed by atoms with van der Waals surface area (Å²) >= 11 is 7.29. The molecule has 0 bridgehead atoms. The Bertz CT molecular complexity index is 635. The molecule has 0 saturated carbocycles. The SMILES string of the molecule is N#Cc1ccc(Cl)cc1NC(=O)CSCc1ccco1. The molecule has 2 aromatic rings. The third-order valence-corrected chi connectivity index (χ3v) is 3.62. The van der Waals surface area contributed by atoms with Crippen molar-refractivity contribution in [3.8, 4) is 6.07 Å². The Balaban J connectivity index is 1.88. The molecule has 0 spiro atoms. The molecule has 0 aliphatic carbocycles. The van der Waals surface area contributed by atoms with Crippen molar-refractivity contribution in [3.63, 3.8) is 0 Å². The standard InChI is InChI=1S/C14H11ClN2O2S/c15-11-4-3-10(7-16)13(6-11)17-14(18)9-20-8-12-2-1-5-19-12/h1-6H,8-9H2,(H,17,18). The van der Waals surface area contributed by atoms with Crippen LogP contribution < -0.4 is 5.32 Å². The molecular weight excluding hydrogens is 296 g/mol. The van der Waals surface area contributed by atoms with E-state index in [1.807, 2.05) is 12.1 Å². The molecular formula is C14H11ClN2O2S. The molecule has 1 aromatic carbocycles. The van der Waals surface area contributed by atoms with Gasteiger partial charge in [-0.15, -0.1) is 11.8 Å². The van der Waals surface area contributed by atoms with E-state index >= 15 is 0 Å². The first kappa shape index (κ1) is 14.5. The maximum Gasteiger partial charge on any atom is 0.234 e. The molecule has 6 heteroatoms. The van der Waals surface area contributed by atoms with Crippen LogP contribution in [0.25, 0.3) is 0 Å². The van der Waals surface area contributed by atoms with Gasteiger partial charge in [-0.25, -0.2) is 0 Å². The number of halogens is 1. The molecule has 0 radical (unpaired) electrons. The van der Waals surface area contributed by atoms with Crippen LogP contribution in [0, 0.1) is 11.3 Å². The number of nitriles is 1. The lowest BCUT2D eigenvalue weighted by molar-refractivity contribution is -0.113. The van der Waals surface area contributed by atoms with Crippen molar-refractivity contribution in [2.45, 2.75) is 5.75 Å². The van der Waals surface area contributed by atoms with Gasteiger partial charge < -0.3 is 9.73 Å². The molecule has 1 heterocycles. The van der Waals surface area contributed by atoms with Crippen molar-refractivity contribution >= 4 is 35.0 Å². The first-order valence-electron chi connectivity index (χ1n) is 5.78. The number of rotatable bonds is 5. The van der Waals surface area contributed by atoms with Gasteiger partial charge in [0, 0.05) is 5.02 Å². The van der Waals surface area contributed by atoms with Gasteiger partial charge in [0.2, 0.25) is 5.91 Å². The normalized spacial score (nSPS) is 10.0. The van der Waals surface area contributed by atoms with E-state index in [0.717, 1.165) is 5.76 Å². The highest BCUT2D eigenvalue weighted by Gasteiger charge is 2.08. The van der Waals surface area contributed by atoms with Crippen molar-refractivity contribution in [2.24, 2.45) is 0 Å². The van der Waals surface area contributed by atoms with Crippen molar-refractivity contribution in [1.29, 1.82) is 5.26 Å². The summed E-state index contributed by atoms with van der Waals surface area (Å²) in [5.41, 5.74) is 0.822. The van der Waals surface area contributed by atoms with Crippen LogP contribution in [0.2, 0.25) is 5.02 Å². The quantitative estimate of drug-likeness (QED) is 0.915. The van der Waals surface area contributed by atoms with E-state index in [9.17, 15) is 4.79 Å². The molecule has 0 atom stereocenters. The predicted molar refractivity (Wildman–Crippen MR) is 79.7 cm³/mol. The number of benzene rings is 1. The van der Waals surface area contributed by atoms with Crippen molar-refractivity contribution in [2.75, 3.05) is 11.1 Å². The van der Waals surface area contributed by atoms with Gasteiger partial charge in [-0.1, -0.05) is 11.6 Å². The topological polar surface area (TPSA) is 66.0 Å². The summed E-state index contributed by atoms with van der Waals surface area (Å²) in [6.07, 6.45) is 1.60. The van der Waals surface area contributed by atoms with Gasteiger partial charge in [0.1, 0.15) is 11.8 Å². The van der Waals surface area contributed by atoms with Gasteiger partial charge in [-0.2, -0.15) is 5.26 Å². The largest absolute Gasteiger partial charge is 0.468 e. The molecule has 1 aromatic heterocycles. The Hall–Kier alpha value is -1.90. The Labute approximate surface area is 125 Å². The zero-order valence-electron chi connectivity index (χ0n) is 10.4. The first-order chi connectivity index (χ1) is 9.69. The molecule has 0 unspecified atom stereocenters. The Morgan fingerprint density at radius 3 is 3.00 bits per heavy atom. The molecule has 1 N–H and O–H groups in total. The second-order valence-corrected chi connectivity index (χ2v) is 5.34. The van der Waals surface area contributed by atoms with Crippen LogP contribution in [0.5, 0.6) is 0 Å². The number of carbonyl (C=O) groups excluding carboxylic acids is 1. The molecule has 0 fully saturated rings. The zero-order valence-corrected chi connectivity index (χ0v) is 12.0. The first-order valence-corrected chi connectivity index (χ1v) is 7.32.